The lowest BCUT2D eigenvalue weighted by atomic mass is 9.97. The number of hydrogen-bond acceptors (Lipinski definition) is 5. The van der Waals surface area contributed by atoms with Crippen molar-refractivity contribution in [2.75, 3.05) is 18.4 Å². The molecule has 3 aromatic rings. The second-order valence-corrected chi connectivity index (χ2v) is 8.37. The van der Waals surface area contributed by atoms with Gasteiger partial charge in [0.1, 0.15) is 18.0 Å². The highest BCUT2D eigenvalue weighted by Crippen LogP contribution is 2.35. The first-order valence-corrected chi connectivity index (χ1v) is 11.2. The van der Waals surface area contributed by atoms with Gasteiger partial charge in [0.05, 0.1) is 29.8 Å². The molecule has 34 heavy (non-hydrogen) atoms. The molecule has 0 aliphatic carbocycles. The van der Waals surface area contributed by atoms with Crippen molar-refractivity contribution in [1.82, 2.24) is 5.32 Å². The largest absolute Gasteiger partial charge is 0.483 e. The lowest BCUT2D eigenvalue weighted by molar-refractivity contribution is -0.138. The minimum Gasteiger partial charge on any atom is -0.483 e. The van der Waals surface area contributed by atoms with E-state index in [1.807, 2.05) is 36.4 Å². The quantitative estimate of drug-likeness (QED) is 0.455. The van der Waals surface area contributed by atoms with Gasteiger partial charge in [-0.05, 0) is 60.8 Å². The number of para-hydroxylation sites is 1. The van der Waals surface area contributed by atoms with Crippen molar-refractivity contribution in [2.24, 2.45) is 0 Å². The maximum absolute atomic E-state index is 14.0. The van der Waals surface area contributed by atoms with Crippen molar-refractivity contribution >= 4 is 11.7 Å². The van der Waals surface area contributed by atoms with Gasteiger partial charge in [-0.3, -0.25) is 4.79 Å². The SMILES string of the molecule is CC(C(=O)O)c1cccc(CCN[C@H](c2cccc(F)c2)[C@H]2CNc3cccc(C#N)c3O2)c1. The number of nitrogens with one attached hydrogen (secondary N) is 2. The van der Waals surface area contributed by atoms with Crippen LogP contribution in [0.1, 0.15) is 41.1 Å². The van der Waals surface area contributed by atoms with Gasteiger partial charge in [0.25, 0.3) is 0 Å². The summed E-state index contributed by atoms with van der Waals surface area (Å²) in [6.07, 6.45) is 0.286. The molecule has 0 saturated carbocycles. The first kappa shape index (κ1) is 23.3. The molecule has 6 nitrogen and oxygen atoms in total. The Balaban J connectivity index is 1.52. The van der Waals surface area contributed by atoms with Gasteiger partial charge in [-0.15, -0.1) is 0 Å². The highest BCUT2D eigenvalue weighted by atomic mass is 19.1. The molecule has 0 spiro atoms. The average Bonchev–Trinajstić information content (AvgIpc) is 2.85. The Hall–Kier alpha value is -3.89. The normalized spacial score (nSPS) is 16.3. The first-order chi connectivity index (χ1) is 16.5. The maximum atomic E-state index is 14.0. The molecule has 0 aromatic heterocycles. The molecule has 7 heteroatoms. The number of hydrogen-bond donors (Lipinski definition) is 3. The predicted molar refractivity (Wildman–Crippen MR) is 127 cm³/mol. The molecule has 4 rings (SSSR count). The lowest BCUT2D eigenvalue weighted by Crippen LogP contribution is -2.43. The molecule has 1 unspecified atom stereocenters. The van der Waals surface area contributed by atoms with Crippen LogP contribution in [0.15, 0.2) is 66.7 Å². The molecule has 0 bridgehead atoms. The minimum atomic E-state index is -0.861. The highest BCUT2D eigenvalue weighted by Gasteiger charge is 2.30. The summed E-state index contributed by atoms with van der Waals surface area (Å²) < 4.78 is 20.3. The van der Waals surface area contributed by atoms with E-state index < -0.39 is 11.9 Å². The van der Waals surface area contributed by atoms with Crippen LogP contribution in [0.2, 0.25) is 0 Å². The summed E-state index contributed by atoms with van der Waals surface area (Å²) in [5.41, 5.74) is 3.72. The maximum Gasteiger partial charge on any atom is 0.310 e. The van der Waals surface area contributed by atoms with Crippen LogP contribution < -0.4 is 15.4 Å². The van der Waals surface area contributed by atoms with E-state index in [1.54, 1.807) is 25.1 Å². The van der Waals surface area contributed by atoms with Gasteiger partial charge in [0.2, 0.25) is 0 Å². The van der Waals surface area contributed by atoms with Crippen LogP contribution in [0.25, 0.3) is 0 Å². The number of benzene rings is 3. The molecule has 1 aliphatic heterocycles. The second kappa shape index (κ2) is 10.4. The Morgan fingerprint density at radius 1 is 1.21 bits per heavy atom. The van der Waals surface area contributed by atoms with Gasteiger partial charge in [-0.1, -0.05) is 42.5 Å². The second-order valence-electron chi connectivity index (χ2n) is 8.37. The Bertz CT molecular complexity index is 1220. The molecule has 3 atom stereocenters. The van der Waals surface area contributed by atoms with Crippen LogP contribution >= 0.6 is 0 Å². The third-order valence-corrected chi connectivity index (χ3v) is 6.08. The number of rotatable bonds is 8. The van der Waals surface area contributed by atoms with E-state index in [1.165, 1.54) is 12.1 Å². The lowest BCUT2D eigenvalue weighted by Gasteiger charge is -2.34. The van der Waals surface area contributed by atoms with E-state index in [0.717, 1.165) is 22.4 Å². The highest BCUT2D eigenvalue weighted by molar-refractivity contribution is 5.75. The number of halogens is 1. The van der Waals surface area contributed by atoms with Gasteiger partial charge >= 0.3 is 5.97 Å². The molecule has 3 N–H and O–H groups in total. The van der Waals surface area contributed by atoms with Crippen molar-refractivity contribution in [3.63, 3.8) is 0 Å². The van der Waals surface area contributed by atoms with Gasteiger partial charge in [0, 0.05) is 0 Å². The average molecular weight is 460 g/mol. The summed E-state index contributed by atoms with van der Waals surface area (Å²) in [6.45, 7) is 2.72. The van der Waals surface area contributed by atoms with Crippen LogP contribution in [-0.4, -0.2) is 30.3 Å². The molecule has 3 aromatic carbocycles. The number of anilines is 1. The number of carbonyl (C=O) groups is 1. The Morgan fingerprint density at radius 2 is 1.97 bits per heavy atom. The number of carboxylic acids is 1. The molecule has 0 radical (unpaired) electrons. The van der Waals surface area contributed by atoms with E-state index in [0.29, 0.717) is 30.8 Å². The summed E-state index contributed by atoms with van der Waals surface area (Å²) in [5, 5.41) is 25.6. The number of ether oxygens (including phenoxy) is 1. The summed E-state index contributed by atoms with van der Waals surface area (Å²) in [4.78, 5) is 11.3. The topological polar surface area (TPSA) is 94.4 Å². The minimum absolute atomic E-state index is 0.329. The van der Waals surface area contributed by atoms with Crippen molar-refractivity contribution in [3.8, 4) is 11.8 Å². The summed E-state index contributed by atoms with van der Waals surface area (Å²) in [6, 6.07) is 21.2. The van der Waals surface area contributed by atoms with Crippen LogP contribution in [0.3, 0.4) is 0 Å². The Kier molecular flexibility index (Phi) is 7.09. The first-order valence-electron chi connectivity index (χ1n) is 11.2. The fourth-order valence-corrected chi connectivity index (χ4v) is 4.18. The molecule has 1 heterocycles. The van der Waals surface area contributed by atoms with Gasteiger partial charge in [-0.2, -0.15) is 5.26 Å². The molecule has 1 aliphatic rings. The van der Waals surface area contributed by atoms with Crippen LogP contribution in [-0.2, 0) is 11.2 Å². The van der Waals surface area contributed by atoms with E-state index in [-0.39, 0.29) is 18.0 Å². The van der Waals surface area contributed by atoms with E-state index in [9.17, 15) is 19.6 Å². The van der Waals surface area contributed by atoms with Crippen LogP contribution in [0, 0.1) is 17.1 Å². The zero-order valence-electron chi connectivity index (χ0n) is 18.8. The zero-order valence-corrected chi connectivity index (χ0v) is 18.8. The molecular formula is C27H26FN3O3. The fraction of sp³-hybridized carbons (Fsp3) is 0.259. The van der Waals surface area contributed by atoms with E-state index >= 15 is 0 Å². The van der Waals surface area contributed by atoms with Crippen molar-refractivity contribution in [1.29, 1.82) is 5.26 Å². The van der Waals surface area contributed by atoms with Crippen molar-refractivity contribution in [3.05, 3.63) is 94.8 Å². The Labute approximate surface area is 198 Å². The number of aliphatic carboxylic acids is 1. The Morgan fingerprint density at radius 3 is 2.74 bits per heavy atom. The number of fused-ring (bicyclic) bond motifs is 1. The fourth-order valence-electron chi connectivity index (χ4n) is 4.18. The standard InChI is InChI=1S/C27H26FN3O3/c1-17(27(32)33)19-6-2-5-18(13-19)11-12-30-25(20-7-3-9-22(28)14-20)24-16-31-23-10-4-8-21(15-29)26(23)34-24/h2-10,13-14,17,24-25,30-31H,11-12,16H2,1H3,(H,32,33)/t17?,24-,25-/m1/s1. The number of nitrogens with zero attached hydrogens (tertiary/aromatic N) is 1. The van der Waals surface area contributed by atoms with Gasteiger partial charge in [-0.25, -0.2) is 4.39 Å². The van der Waals surface area contributed by atoms with Crippen LogP contribution in [0.4, 0.5) is 10.1 Å². The van der Waals surface area contributed by atoms with Gasteiger partial charge < -0.3 is 20.5 Å². The summed E-state index contributed by atoms with van der Waals surface area (Å²) >= 11 is 0. The molecule has 0 amide bonds. The third kappa shape index (κ3) is 5.19. The predicted octanol–water partition coefficient (Wildman–Crippen LogP) is 4.63. The van der Waals surface area contributed by atoms with E-state index in [4.69, 9.17) is 4.74 Å². The monoisotopic (exact) mass is 459 g/mol. The third-order valence-electron chi connectivity index (χ3n) is 6.08. The molecular weight excluding hydrogens is 433 g/mol. The van der Waals surface area contributed by atoms with Gasteiger partial charge in [0.15, 0.2) is 5.75 Å². The molecule has 0 saturated heterocycles. The van der Waals surface area contributed by atoms with Crippen LogP contribution in [0.5, 0.6) is 5.75 Å². The smallest absolute Gasteiger partial charge is 0.310 e. The zero-order chi connectivity index (χ0) is 24.1. The summed E-state index contributed by atoms with van der Waals surface area (Å²) in [5.74, 6) is -1.27. The van der Waals surface area contributed by atoms with Crippen molar-refractivity contribution in [2.45, 2.75) is 31.4 Å². The van der Waals surface area contributed by atoms with E-state index in [2.05, 4.69) is 16.7 Å². The number of nitriles is 1. The van der Waals surface area contributed by atoms with Crippen molar-refractivity contribution < 1.29 is 19.0 Å². The molecule has 174 valence electrons. The number of carboxylic acid groups (broad SMARTS) is 1. The molecule has 0 fully saturated rings. The summed E-state index contributed by atoms with van der Waals surface area (Å²) in [7, 11) is 0.